The Morgan fingerprint density at radius 1 is 1.03 bits per heavy atom. The Labute approximate surface area is 208 Å². The molecule has 3 aromatic rings. The molecule has 1 saturated carbocycles. The second kappa shape index (κ2) is 10.9. The van der Waals surface area contributed by atoms with Crippen LogP contribution in [0.2, 0.25) is 0 Å². The van der Waals surface area contributed by atoms with Crippen LogP contribution in [0.1, 0.15) is 72.3 Å². The van der Waals surface area contributed by atoms with Gasteiger partial charge in [-0.1, -0.05) is 13.8 Å². The summed E-state index contributed by atoms with van der Waals surface area (Å²) in [4.78, 5) is 21.3. The maximum Gasteiger partial charge on any atom is 0.185 e. The molecule has 0 aliphatic heterocycles. The van der Waals surface area contributed by atoms with Crippen molar-refractivity contribution in [2.75, 3.05) is 6.61 Å². The van der Waals surface area contributed by atoms with E-state index in [2.05, 4.69) is 23.8 Å². The topological polar surface area (TPSA) is 83.3 Å². The third kappa shape index (κ3) is 5.50. The summed E-state index contributed by atoms with van der Waals surface area (Å²) in [6.07, 6.45) is 5.08. The van der Waals surface area contributed by atoms with Gasteiger partial charge in [0.2, 0.25) is 0 Å². The molecule has 2 heterocycles. The van der Waals surface area contributed by atoms with E-state index in [1.807, 2.05) is 6.07 Å². The highest BCUT2D eigenvalue weighted by molar-refractivity contribution is 5.96. The minimum Gasteiger partial charge on any atom is -0.393 e. The molecule has 0 radical (unpaired) electrons. The fraction of sp³-hybridized carbons (Fsp3) is 0.393. The van der Waals surface area contributed by atoms with E-state index < -0.39 is 47.2 Å². The Morgan fingerprint density at radius 3 is 2.33 bits per heavy atom. The lowest BCUT2D eigenvalue weighted by Gasteiger charge is -2.32. The third-order valence-electron chi connectivity index (χ3n) is 6.90. The number of benzene rings is 1. The summed E-state index contributed by atoms with van der Waals surface area (Å²) in [5.74, 6) is -2.28. The highest BCUT2D eigenvalue weighted by Crippen LogP contribution is 2.40. The number of nitrogens with zero attached hydrogens (tertiary/aromatic N) is 2. The van der Waals surface area contributed by atoms with Crippen molar-refractivity contribution in [2.24, 2.45) is 11.8 Å². The maximum atomic E-state index is 14.7. The van der Waals surface area contributed by atoms with E-state index in [0.29, 0.717) is 17.8 Å². The number of aliphatic hydroxyl groups is 2. The molecule has 1 aliphatic carbocycles. The summed E-state index contributed by atoms with van der Waals surface area (Å²) >= 11 is 0. The van der Waals surface area contributed by atoms with E-state index in [1.54, 1.807) is 12.4 Å². The van der Waals surface area contributed by atoms with Crippen LogP contribution in [0.3, 0.4) is 0 Å². The quantitative estimate of drug-likeness (QED) is 0.417. The number of halogens is 3. The zero-order valence-electron chi connectivity index (χ0n) is 20.2. The largest absolute Gasteiger partial charge is 0.393 e. The van der Waals surface area contributed by atoms with Gasteiger partial charge in [-0.25, -0.2) is 18.2 Å². The number of Topliss-reactive ketones (excluding diaryl/α,β-unsaturated/α-hetero) is 1. The van der Waals surface area contributed by atoms with Crippen LogP contribution in [-0.2, 0) is 6.42 Å². The van der Waals surface area contributed by atoms with Gasteiger partial charge in [0.25, 0.3) is 0 Å². The fourth-order valence-electron chi connectivity index (χ4n) is 5.34. The Balaban J connectivity index is 1.64. The number of carbonyl (C=O) groups excluding carboxylic acids is 1. The molecule has 1 aromatic carbocycles. The molecule has 36 heavy (non-hydrogen) atoms. The van der Waals surface area contributed by atoms with Gasteiger partial charge in [0, 0.05) is 18.8 Å². The van der Waals surface area contributed by atoms with Crippen molar-refractivity contribution >= 4 is 5.78 Å². The molecule has 5 nitrogen and oxygen atoms in total. The number of hydrogen-bond donors (Lipinski definition) is 2. The van der Waals surface area contributed by atoms with Gasteiger partial charge >= 0.3 is 0 Å². The normalized spacial score (nSPS) is 20.8. The second-order valence-electron chi connectivity index (χ2n) is 9.87. The first kappa shape index (κ1) is 26.0. The van der Waals surface area contributed by atoms with Crippen LogP contribution in [0.15, 0.2) is 42.7 Å². The number of ketones is 1. The zero-order valence-corrected chi connectivity index (χ0v) is 20.2. The van der Waals surface area contributed by atoms with Crippen LogP contribution in [0.4, 0.5) is 13.2 Å². The molecule has 0 spiro atoms. The number of aromatic nitrogens is 2. The molecule has 2 N–H and O–H groups in total. The summed E-state index contributed by atoms with van der Waals surface area (Å²) < 4.78 is 44.1. The van der Waals surface area contributed by atoms with E-state index in [0.717, 1.165) is 42.2 Å². The highest BCUT2D eigenvalue weighted by Gasteiger charge is 2.28. The summed E-state index contributed by atoms with van der Waals surface area (Å²) in [5.41, 5.74) is 0.130. The predicted molar refractivity (Wildman–Crippen MR) is 129 cm³/mol. The molecule has 190 valence electrons. The van der Waals surface area contributed by atoms with E-state index in [9.17, 15) is 23.1 Å². The molecule has 8 heteroatoms. The van der Waals surface area contributed by atoms with Gasteiger partial charge in [-0.2, -0.15) is 0 Å². The first-order valence-electron chi connectivity index (χ1n) is 12.1. The second-order valence-corrected chi connectivity index (χ2v) is 9.87. The SMILES string of the molecule is C[C@@H]1CC(c2ccncc2CC(=O)c2ccc(F)c(-c3c(F)cc([C@@H](O)CO)cc3F)n2)C[C@H](C)C1. The van der Waals surface area contributed by atoms with Crippen LogP contribution in [0.5, 0.6) is 0 Å². The number of hydrogen-bond acceptors (Lipinski definition) is 5. The predicted octanol–water partition coefficient (Wildman–Crippen LogP) is 5.55. The van der Waals surface area contributed by atoms with Crippen LogP contribution in [-0.4, -0.2) is 32.6 Å². The highest BCUT2D eigenvalue weighted by atomic mass is 19.1. The van der Waals surface area contributed by atoms with Crippen LogP contribution >= 0.6 is 0 Å². The summed E-state index contributed by atoms with van der Waals surface area (Å²) in [7, 11) is 0. The molecule has 1 aliphatic rings. The van der Waals surface area contributed by atoms with Crippen molar-refractivity contribution in [1.82, 2.24) is 9.97 Å². The van der Waals surface area contributed by atoms with Gasteiger partial charge in [0.1, 0.15) is 34.9 Å². The lowest BCUT2D eigenvalue weighted by molar-refractivity contribution is 0.0951. The molecule has 1 fully saturated rings. The molecule has 0 bridgehead atoms. The van der Waals surface area contributed by atoms with Gasteiger partial charge in [0.15, 0.2) is 5.78 Å². The van der Waals surface area contributed by atoms with Gasteiger partial charge in [-0.05, 0) is 84.0 Å². The Hall–Kier alpha value is -3.10. The molecule has 2 aromatic heterocycles. The average Bonchev–Trinajstić information content (AvgIpc) is 2.83. The lowest BCUT2D eigenvalue weighted by Crippen LogP contribution is -2.20. The maximum absolute atomic E-state index is 14.7. The Morgan fingerprint density at radius 2 is 1.69 bits per heavy atom. The molecular weight excluding hydrogens is 469 g/mol. The molecule has 0 saturated heterocycles. The Bertz CT molecular complexity index is 1230. The van der Waals surface area contributed by atoms with Crippen molar-refractivity contribution in [1.29, 1.82) is 0 Å². The van der Waals surface area contributed by atoms with Crippen LogP contribution in [0.25, 0.3) is 11.3 Å². The molecular formula is C28H29F3N2O3. The first-order chi connectivity index (χ1) is 17.2. The minimum absolute atomic E-state index is 0.0207. The number of pyridine rings is 2. The zero-order chi connectivity index (χ0) is 26.0. The van der Waals surface area contributed by atoms with Gasteiger partial charge in [0.05, 0.1) is 12.2 Å². The van der Waals surface area contributed by atoms with Crippen molar-refractivity contribution in [2.45, 2.75) is 51.6 Å². The van der Waals surface area contributed by atoms with Crippen molar-refractivity contribution in [3.8, 4) is 11.3 Å². The molecule has 4 atom stereocenters. The van der Waals surface area contributed by atoms with Crippen molar-refractivity contribution < 1.29 is 28.2 Å². The van der Waals surface area contributed by atoms with Gasteiger partial charge in [-0.3, -0.25) is 9.78 Å². The number of aliphatic hydroxyl groups excluding tert-OH is 2. The number of rotatable bonds is 7. The van der Waals surface area contributed by atoms with Crippen LogP contribution in [0, 0.1) is 29.3 Å². The lowest BCUT2D eigenvalue weighted by atomic mass is 9.73. The van der Waals surface area contributed by atoms with Crippen LogP contribution < -0.4 is 0 Å². The summed E-state index contributed by atoms with van der Waals surface area (Å²) in [6, 6.07) is 5.71. The van der Waals surface area contributed by atoms with E-state index >= 15 is 0 Å². The van der Waals surface area contributed by atoms with E-state index in [1.165, 1.54) is 12.5 Å². The number of carbonyl (C=O) groups is 1. The molecule has 0 amide bonds. The fourth-order valence-corrected chi connectivity index (χ4v) is 5.34. The summed E-state index contributed by atoms with van der Waals surface area (Å²) in [6.45, 7) is 3.73. The van der Waals surface area contributed by atoms with Crippen molar-refractivity contribution in [3.63, 3.8) is 0 Å². The third-order valence-corrected chi connectivity index (χ3v) is 6.90. The van der Waals surface area contributed by atoms with Gasteiger partial charge < -0.3 is 10.2 Å². The first-order valence-corrected chi connectivity index (χ1v) is 12.1. The van der Waals surface area contributed by atoms with E-state index in [-0.39, 0.29) is 17.7 Å². The smallest absolute Gasteiger partial charge is 0.185 e. The standard InChI is InChI=1S/C28H29F3N2O3/c1-15-7-16(2)9-17(8-15)20-5-6-32-13-19(20)12-25(35)24-4-3-21(29)28(33-24)27-22(30)10-18(11-23(27)31)26(36)14-34/h3-6,10-11,13,15-17,26,34,36H,7-9,12,14H2,1-2H3/t15-,16+,17?,26-/m0/s1. The van der Waals surface area contributed by atoms with Crippen molar-refractivity contribution in [3.05, 3.63) is 82.6 Å². The summed E-state index contributed by atoms with van der Waals surface area (Å²) in [5, 5.41) is 18.7. The molecule has 4 rings (SSSR count). The minimum atomic E-state index is -1.49. The average molecular weight is 499 g/mol. The van der Waals surface area contributed by atoms with E-state index in [4.69, 9.17) is 5.11 Å². The van der Waals surface area contributed by atoms with Gasteiger partial charge in [-0.15, -0.1) is 0 Å². The monoisotopic (exact) mass is 498 g/mol. The Kier molecular flexibility index (Phi) is 7.85. The molecule has 1 unspecified atom stereocenters.